The highest BCUT2D eigenvalue weighted by Crippen LogP contribution is 2.18. The molecule has 2 aromatic heterocycles. The number of nitrogens with zero attached hydrogens (tertiary/aromatic N) is 2. The van der Waals surface area contributed by atoms with Crippen molar-refractivity contribution in [1.82, 2.24) is 9.38 Å². The van der Waals surface area contributed by atoms with Gasteiger partial charge in [0.05, 0.1) is 5.69 Å². The lowest BCUT2D eigenvalue weighted by molar-refractivity contribution is 0.102. The summed E-state index contributed by atoms with van der Waals surface area (Å²) in [6.45, 7) is 7.91. The first-order valence-corrected chi connectivity index (χ1v) is 7.29. The van der Waals surface area contributed by atoms with Gasteiger partial charge in [-0.1, -0.05) is 6.07 Å². The van der Waals surface area contributed by atoms with Crippen LogP contribution in [0.2, 0.25) is 0 Å². The largest absolute Gasteiger partial charge is 0.321 e. The summed E-state index contributed by atoms with van der Waals surface area (Å²) in [7, 11) is 0. The van der Waals surface area contributed by atoms with E-state index in [0.29, 0.717) is 5.69 Å². The molecular formula is C18H19N3O. The lowest BCUT2D eigenvalue weighted by Gasteiger charge is -2.08. The van der Waals surface area contributed by atoms with Crippen LogP contribution in [0.1, 0.15) is 32.9 Å². The summed E-state index contributed by atoms with van der Waals surface area (Å²) in [4.78, 5) is 17.1. The van der Waals surface area contributed by atoms with Gasteiger partial charge in [0.2, 0.25) is 0 Å². The molecule has 0 atom stereocenters. The highest BCUT2D eigenvalue weighted by molar-refractivity contribution is 6.04. The van der Waals surface area contributed by atoms with Gasteiger partial charge in [-0.15, -0.1) is 0 Å². The number of carbonyl (C=O) groups excluding carboxylic acids is 1. The van der Waals surface area contributed by atoms with E-state index in [0.717, 1.165) is 33.7 Å². The van der Waals surface area contributed by atoms with Crippen molar-refractivity contribution < 1.29 is 4.79 Å². The second-order valence-corrected chi connectivity index (χ2v) is 5.81. The highest BCUT2D eigenvalue weighted by Gasteiger charge is 2.16. The van der Waals surface area contributed by atoms with Crippen molar-refractivity contribution >= 4 is 17.2 Å². The molecule has 1 N–H and O–H groups in total. The van der Waals surface area contributed by atoms with Crippen molar-refractivity contribution in [2.45, 2.75) is 27.7 Å². The van der Waals surface area contributed by atoms with Gasteiger partial charge >= 0.3 is 0 Å². The van der Waals surface area contributed by atoms with Crippen LogP contribution in [0, 0.1) is 27.7 Å². The molecular weight excluding hydrogens is 274 g/mol. The molecule has 22 heavy (non-hydrogen) atoms. The first kappa shape index (κ1) is 14.3. The topological polar surface area (TPSA) is 46.4 Å². The Hall–Kier alpha value is -2.62. The van der Waals surface area contributed by atoms with Crippen LogP contribution in [-0.2, 0) is 0 Å². The van der Waals surface area contributed by atoms with Crippen molar-refractivity contribution in [1.29, 1.82) is 0 Å². The van der Waals surface area contributed by atoms with Gasteiger partial charge in [-0.3, -0.25) is 9.20 Å². The number of pyridine rings is 1. The predicted molar refractivity (Wildman–Crippen MR) is 88.5 cm³/mol. The summed E-state index contributed by atoms with van der Waals surface area (Å²) in [6.07, 6.45) is 1.89. The summed E-state index contributed by atoms with van der Waals surface area (Å²) in [5.41, 5.74) is 6.29. The van der Waals surface area contributed by atoms with Gasteiger partial charge < -0.3 is 5.32 Å². The van der Waals surface area contributed by atoms with Gasteiger partial charge in [-0.05, 0) is 68.7 Å². The number of carbonyl (C=O) groups is 1. The summed E-state index contributed by atoms with van der Waals surface area (Å²) < 4.78 is 1.83. The van der Waals surface area contributed by atoms with Crippen LogP contribution in [0.25, 0.3) is 5.65 Å². The van der Waals surface area contributed by atoms with E-state index >= 15 is 0 Å². The Balaban J connectivity index is 2.00. The molecule has 112 valence electrons. The SMILES string of the molecule is Cc1cc(C)cc(NC(=O)c2c(C)nc3cc(C)ccn23)c1. The number of anilines is 1. The third-order valence-corrected chi connectivity index (χ3v) is 3.65. The molecule has 0 radical (unpaired) electrons. The molecule has 0 fully saturated rings. The van der Waals surface area contributed by atoms with Crippen LogP contribution in [0.15, 0.2) is 36.5 Å². The number of amides is 1. The molecule has 0 unspecified atom stereocenters. The van der Waals surface area contributed by atoms with Crippen molar-refractivity contribution in [2.75, 3.05) is 5.32 Å². The predicted octanol–water partition coefficient (Wildman–Crippen LogP) is 3.82. The van der Waals surface area contributed by atoms with Gasteiger partial charge in [0.1, 0.15) is 11.3 Å². The summed E-state index contributed by atoms with van der Waals surface area (Å²) in [5.74, 6) is -0.140. The Kier molecular flexibility index (Phi) is 3.45. The number of fused-ring (bicyclic) bond motifs is 1. The lowest BCUT2D eigenvalue weighted by Crippen LogP contribution is -2.15. The third-order valence-electron chi connectivity index (χ3n) is 3.65. The van der Waals surface area contributed by atoms with Crippen molar-refractivity contribution in [3.8, 4) is 0 Å². The van der Waals surface area contributed by atoms with E-state index in [2.05, 4.69) is 16.4 Å². The average Bonchev–Trinajstić information content (AvgIpc) is 2.72. The average molecular weight is 293 g/mol. The van der Waals surface area contributed by atoms with Gasteiger partial charge in [0.25, 0.3) is 5.91 Å². The maximum atomic E-state index is 12.6. The number of aromatic nitrogens is 2. The molecule has 4 heteroatoms. The van der Waals surface area contributed by atoms with E-state index < -0.39 is 0 Å². The van der Waals surface area contributed by atoms with Crippen molar-refractivity contribution in [3.63, 3.8) is 0 Å². The molecule has 0 saturated heterocycles. The molecule has 1 aromatic carbocycles. The van der Waals surface area contributed by atoms with Gasteiger partial charge in [-0.25, -0.2) is 4.98 Å². The molecule has 0 spiro atoms. The van der Waals surface area contributed by atoms with E-state index in [4.69, 9.17) is 0 Å². The Morgan fingerprint density at radius 1 is 1.00 bits per heavy atom. The van der Waals surface area contributed by atoms with Gasteiger partial charge in [-0.2, -0.15) is 0 Å². The maximum absolute atomic E-state index is 12.6. The first-order valence-electron chi connectivity index (χ1n) is 7.29. The van der Waals surface area contributed by atoms with Crippen LogP contribution in [0.4, 0.5) is 5.69 Å². The van der Waals surface area contributed by atoms with Crippen LogP contribution in [0.5, 0.6) is 0 Å². The fourth-order valence-electron chi connectivity index (χ4n) is 2.77. The van der Waals surface area contributed by atoms with E-state index in [-0.39, 0.29) is 5.91 Å². The highest BCUT2D eigenvalue weighted by atomic mass is 16.2. The Morgan fingerprint density at radius 3 is 2.36 bits per heavy atom. The number of rotatable bonds is 2. The van der Waals surface area contributed by atoms with E-state index in [1.54, 1.807) is 0 Å². The minimum absolute atomic E-state index is 0.140. The van der Waals surface area contributed by atoms with Crippen LogP contribution < -0.4 is 5.32 Å². The van der Waals surface area contributed by atoms with Gasteiger partial charge in [0.15, 0.2) is 0 Å². The standard InChI is InChI=1S/C18H19N3O/c1-11-5-6-21-16(10-11)19-14(4)17(21)18(22)20-15-8-12(2)7-13(3)9-15/h5-10H,1-4H3,(H,20,22). The minimum atomic E-state index is -0.140. The number of imidazole rings is 1. The number of benzene rings is 1. The maximum Gasteiger partial charge on any atom is 0.274 e. The number of hydrogen-bond donors (Lipinski definition) is 1. The third kappa shape index (κ3) is 2.60. The van der Waals surface area contributed by atoms with Gasteiger partial charge in [0, 0.05) is 11.9 Å². The Morgan fingerprint density at radius 2 is 1.68 bits per heavy atom. The van der Waals surface area contributed by atoms with Crippen LogP contribution in [-0.4, -0.2) is 15.3 Å². The first-order chi connectivity index (χ1) is 10.4. The second kappa shape index (κ2) is 5.30. The van der Waals surface area contributed by atoms with Crippen molar-refractivity contribution in [3.05, 3.63) is 64.6 Å². The molecule has 0 bridgehead atoms. The molecule has 1 amide bonds. The van der Waals surface area contributed by atoms with Crippen molar-refractivity contribution in [2.24, 2.45) is 0 Å². The molecule has 0 aliphatic heterocycles. The summed E-state index contributed by atoms with van der Waals surface area (Å²) in [6, 6.07) is 9.96. The molecule has 4 nitrogen and oxygen atoms in total. The zero-order valence-electron chi connectivity index (χ0n) is 13.3. The lowest BCUT2D eigenvalue weighted by atomic mass is 10.1. The molecule has 0 aliphatic rings. The molecule has 0 aliphatic carbocycles. The fraction of sp³-hybridized carbons (Fsp3) is 0.222. The smallest absolute Gasteiger partial charge is 0.274 e. The van der Waals surface area contributed by atoms with E-state index in [1.165, 1.54) is 0 Å². The molecule has 0 saturated carbocycles. The van der Waals surface area contributed by atoms with Crippen LogP contribution >= 0.6 is 0 Å². The Bertz CT molecular complexity index is 857. The normalized spacial score (nSPS) is 10.9. The summed E-state index contributed by atoms with van der Waals surface area (Å²) in [5, 5.41) is 2.97. The number of aryl methyl sites for hydroxylation is 4. The molecule has 3 aromatic rings. The summed E-state index contributed by atoms with van der Waals surface area (Å²) >= 11 is 0. The Labute approximate surface area is 129 Å². The zero-order valence-corrected chi connectivity index (χ0v) is 13.3. The zero-order chi connectivity index (χ0) is 15.9. The molecule has 3 rings (SSSR count). The number of nitrogens with one attached hydrogen (secondary N) is 1. The minimum Gasteiger partial charge on any atom is -0.321 e. The fourth-order valence-corrected chi connectivity index (χ4v) is 2.77. The van der Waals surface area contributed by atoms with Crippen LogP contribution in [0.3, 0.4) is 0 Å². The monoisotopic (exact) mass is 293 g/mol. The molecule has 2 heterocycles. The quantitative estimate of drug-likeness (QED) is 0.780. The second-order valence-electron chi connectivity index (χ2n) is 5.81. The number of hydrogen-bond acceptors (Lipinski definition) is 2. The van der Waals surface area contributed by atoms with E-state index in [9.17, 15) is 4.79 Å². The van der Waals surface area contributed by atoms with E-state index in [1.807, 2.05) is 62.6 Å².